The van der Waals surface area contributed by atoms with E-state index in [0.717, 1.165) is 21.2 Å². The van der Waals surface area contributed by atoms with E-state index in [1.807, 2.05) is 35.1 Å². The summed E-state index contributed by atoms with van der Waals surface area (Å²) in [5.41, 5.74) is 9.96. The normalized spacial score (nSPS) is 10.9. The van der Waals surface area contributed by atoms with E-state index in [-0.39, 0.29) is 0 Å². The van der Waals surface area contributed by atoms with Gasteiger partial charge in [0.2, 0.25) is 0 Å². The van der Waals surface area contributed by atoms with Gasteiger partial charge < -0.3 is 5.73 Å². The minimum Gasteiger partial charge on any atom is -0.396 e. The predicted octanol–water partition coefficient (Wildman–Crippen LogP) is 4.20. The highest BCUT2D eigenvalue weighted by molar-refractivity contribution is 7.13. The van der Waals surface area contributed by atoms with Crippen LogP contribution in [0.5, 0.6) is 0 Å². The van der Waals surface area contributed by atoms with Crippen LogP contribution in [0.3, 0.4) is 0 Å². The topological polar surface area (TPSA) is 43.8 Å². The van der Waals surface area contributed by atoms with Gasteiger partial charge in [-0.2, -0.15) is 5.10 Å². The molecule has 2 heterocycles. The Balaban J connectivity index is 1.91. The summed E-state index contributed by atoms with van der Waals surface area (Å²) in [4.78, 5) is 1.13. The number of nitrogens with two attached hydrogens (primary N) is 1. The number of halogens is 1. The van der Waals surface area contributed by atoms with Crippen LogP contribution in [0.2, 0.25) is 5.02 Å². The molecule has 0 saturated carbocycles. The summed E-state index contributed by atoms with van der Waals surface area (Å²) < 4.78 is 1.86. The van der Waals surface area contributed by atoms with Gasteiger partial charge in [0.25, 0.3) is 0 Å². The van der Waals surface area contributed by atoms with Crippen molar-refractivity contribution < 1.29 is 0 Å². The zero-order chi connectivity index (χ0) is 14.1. The van der Waals surface area contributed by atoms with Crippen LogP contribution in [0, 0.1) is 6.92 Å². The summed E-state index contributed by atoms with van der Waals surface area (Å²) in [6.45, 7) is 2.73. The molecule has 0 amide bonds. The molecule has 0 saturated heterocycles. The van der Waals surface area contributed by atoms with Crippen molar-refractivity contribution in [3.63, 3.8) is 0 Å². The smallest absolute Gasteiger partial charge is 0.125 e. The fraction of sp³-hybridized carbons (Fsp3) is 0.133. The Kier molecular flexibility index (Phi) is 3.51. The molecule has 0 aliphatic heterocycles. The van der Waals surface area contributed by atoms with Crippen LogP contribution in [-0.2, 0) is 6.54 Å². The van der Waals surface area contributed by atoms with Crippen molar-refractivity contribution in [3.05, 3.63) is 58.1 Å². The van der Waals surface area contributed by atoms with E-state index in [2.05, 4.69) is 23.5 Å². The lowest BCUT2D eigenvalue weighted by atomic mass is 10.2. The number of nitrogens with zero attached hydrogens (tertiary/aromatic N) is 2. The number of anilines is 1. The summed E-state index contributed by atoms with van der Waals surface area (Å²) in [6.07, 6.45) is 1.87. The van der Waals surface area contributed by atoms with Crippen LogP contribution < -0.4 is 5.73 Å². The highest BCUT2D eigenvalue weighted by atomic mass is 35.5. The van der Waals surface area contributed by atoms with E-state index in [4.69, 9.17) is 17.3 Å². The van der Waals surface area contributed by atoms with E-state index >= 15 is 0 Å². The van der Waals surface area contributed by atoms with Crippen molar-refractivity contribution in [2.24, 2.45) is 0 Å². The lowest BCUT2D eigenvalue weighted by Crippen LogP contribution is -2.00. The molecule has 0 unspecified atom stereocenters. The van der Waals surface area contributed by atoms with Gasteiger partial charge in [-0.1, -0.05) is 23.7 Å². The minimum atomic E-state index is 0.662. The fourth-order valence-electron chi connectivity index (χ4n) is 2.13. The standard InChI is InChI=1S/C15H14ClN3S/c1-10-5-6-20-15(10)14-13(17)9-19(18-14)8-11-3-2-4-12(16)7-11/h2-7,9H,8,17H2,1H3. The molecule has 2 N–H and O–H groups in total. The molecule has 3 aromatic rings. The fourth-order valence-corrected chi connectivity index (χ4v) is 3.28. The lowest BCUT2D eigenvalue weighted by Gasteiger charge is -2.02. The van der Waals surface area contributed by atoms with Gasteiger partial charge in [0.05, 0.1) is 17.1 Å². The van der Waals surface area contributed by atoms with Gasteiger partial charge in [0, 0.05) is 11.2 Å². The molecule has 3 nitrogen and oxygen atoms in total. The Labute approximate surface area is 126 Å². The number of aryl methyl sites for hydroxylation is 1. The van der Waals surface area contributed by atoms with Crippen LogP contribution in [-0.4, -0.2) is 9.78 Å². The van der Waals surface area contributed by atoms with E-state index in [0.29, 0.717) is 12.2 Å². The third-order valence-electron chi connectivity index (χ3n) is 3.10. The van der Waals surface area contributed by atoms with Crippen molar-refractivity contribution >= 4 is 28.6 Å². The molecule has 0 aliphatic rings. The number of hydrogen-bond donors (Lipinski definition) is 1. The molecule has 3 rings (SSSR count). The Bertz CT molecular complexity index is 745. The summed E-state index contributed by atoms with van der Waals surface area (Å²) >= 11 is 7.66. The third-order valence-corrected chi connectivity index (χ3v) is 4.36. The highest BCUT2D eigenvalue weighted by Gasteiger charge is 2.12. The summed E-state index contributed by atoms with van der Waals surface area (Å²) in [6, 6.07) is 9.85. The molecular formula is C15H14ClN3S. The Hall–Kier alpha value is -1.78. The van der Waals surface area contributed by atoms with E-state index in [1.54, 1.807) is 11.3 Å². The number of benzene rings is 1. The van der Waals surface area contributed by atoms with Crippen molar-refractivity contribution in [2.45, 2.75) is 13.5 Å². The minimum absolute atomic E-state index is 0.662. The second kappa shape index (κ2) is 5.31. The number of aromatic nitrogens is 2. The largest absolute Gasteiger partial charge is 0.396 e. The van der Waals surface area contributed by atoms with Crippen molar-refractivity contribution in [2.75, 3.05) is 5.73 Å². The first-order chi connectivity index (χ1) is 9.63. The van der Waals surface area contributed by atoms with E-state index in [1.165, 1.54) is 5.56 Å². The zero-order valence-electron chi connectivity index (χ0n) is 11.0. The predicted molar refractivity (Wildman–Crippen MR) is 85.2 cm³/mol. The second-order valence-electron chi connectivity index (χ2n) is 4.69. The van der Waals surface area contributed by atoms with Crippen LogP contribution in [0.25, 0.3) is 10.6 Å². The highest BCUT2D eigenvalue weighted by Crippen LogP contribution is 2.31. The second-order valence-corrected chi connectivity index (χ2v) is 6.05. The maximum Gasteiger partial charge on any atom is 0.125 e. The molecule has 1 aromatic carbocycles. The maximum atomic E-state index is 6.08. The molecule has 0 aliphatic carbocycles. The Morgan fingerprint density at radius 2 is 2.20 bits per heavy atom. The van der Waals surface area contributed by atoms with Gasteiger partial charge in [-0.15, -0.1) is 11.3 Å². The molecule has 0 radical (unpaired) electrons. The van der Waals surface area contributed by atoms with Crippen LogP contribution in [0.15, 0.2) is 41.9 Å². The van der Waals surface area contributed by atoms with Crippen molar-refractivity contribution in [1.29, 1.82) is 0 Å². The lowest BCUT2D eigenvalue weighted by molar-refractivity contribution is 0.690. The van der Waals surface area contributed by atoms with Gasteiger partial charge in [-0.25, -0.2) is 0 Å². The van der Waals surface area contributed by atoms with Crippen molar-refractivity contribution in [1.82, 2.24) is 9.78 Å². The first-order valence-electron chi connectivity index (χ1n) is 6.25. The molecule has 0 bridgehead atoms. The molecule has 0 atom stereocenters. The summed E-state index contributed by atoms with van der Waals surface area (Å²) in [7, 11) is 0. The number of rotatable bonds is 3. The quantitative estimate of drug-likeness (QED) is 0.788. The molecule has 2 aromatic heterocycles. The number of hydrogen-bond acceptors (Lipinski definition) is 3. The first kappa shape index (κ1) is 13.2. The molecule has 20 heavy (non-hydrogen) atoms. The Morgan fingerprint density at radius 1 is 1.35 bits per heavy atom. The number of nitrogen functional groups attached to an aromatic ring is 1. The third kappa shape index (κ3) is 2.57. The van der Waals surface area contributed by atoms with Crippen molar-refractivity contribution in [3.8, 4) is 10.6 Å². The molecule has 0 fully saturated rings. The monoisotopic (exact) mass is 303 g/mol. The average molecular weight is 304 g/mol. The average Bonchev–Trinajstić information content (AvgIpc) is 2.95. The molecular weight excluding hydrogens is 290 g/mol. The van der Waals surface area contributed by atoms with E-state index < -0.39 is 0 Å². The maximum absolute atomic E-state index is 6.08. The summed E-state index contributed by atoms with van der Waals surface area (Å²) in [5, 5.41) is 7.39. The molecule has 0 spiro atoms. The van der Waals surface area contributed by atoms with Gasteiger partial charge in [-0.3, -0.25) is 4.68 Å². The first-order valence-corrected chi connectivity index (χ1v) is 7.51. The van der Waals surface area contributed by atoms with Gasteiger partial charge in [-0.05, 0) is 41.6 Å². The summed E-state index contributed by atoms with van der Waals surface area (Å²) in [5.74, 6) is 0. The molecule has 5 heteroatoms. The van der Waals surface area contributed by atoms with Crippen LogP contribution in [0.1, 0.15) is 11.1 Å². The number of thiophene rings is 1. The Morgan fingerprint density at radius 3 is 2.90 bits per heavy atom. The zero-order valence-corrected chi connectivity index (χ0v) is 12.6. The molecule has 102 valence electrons. The van der Waals surface area contributed by atoms with E-state index in [9.17, 15) is 0 Å². The van der Waals surface area contributed by atoms with Gasteiger partial charge in [0.15, 0.2) is 0 Å². The van der Waals surface area contributed by atoms with Gasteiger partial charge in [0.1, 0.15) is 5.69 Å². The SMILES string of the molecule is Cc1ccsc1-c1nn(Cc2cccc(Cl)c2)cc1N. The van der Waals surface area contributed by atoms with Crippen LogP contribution >= 0.6 is 22.9 Å². The van der Waals surface area contributed by atoms with Crippen LogP contribution in [0.4, 0.5) is 5.69 Å². The van der Waals surface area contributed by atoms with Gasteiger partial charge >= 0.3 is 0 Å².